The molecule has 0 aromatic heterocycles. The van der Waals surface area contributed by atoms with E-state index >= 15 is 0 Å². The second-order valence-electron chi connectivity index (χ2n) is 5.06. The highest BCUT2D eigenvalue weighted by atomic mass is 35.5. The first kappa shape index (κ1) is 13.7. The Kier molecular flexibility index (Phi) is 4.49. The summed E-state index contributed by atoms with van der Waals surface area (Å²) < 4.78 is 0. The van der Waals surface area contributed by atoms with E-state index in [1.54, 1.807) is 0 Å². The molecule has 1 saturated heterocycles. The van der Waals surface area contributed by atoms with Crippen LogP contribution in [-0.2, 0) is 6.54 Å². The van der Waals surface area contributed by atoms with Gasteiger partial charge in [-0.1, -0.05) is 17.7 Å². The fourth-order valence-corrected chi connectivity index (χ4v) is 2.77. The van der Waals surface area contributed by atoms with E-state index in [9.17, 15) is 0 Å². The Morgan fingerprint density at radius 3 is 2.44 bits per heavy atom. The van der Waals surface area contributed by atoms with E-state index < -0.39 is 0 Å². The summed E-state index contributed by atoms with van der Waals surface area (Å²) in [6.07, 6.45) is 0. The largest absolute Gasteiger partial charge is 0.369 e. The van der Waals surface area contributed by atoms with E-state index in [0.29, 0.717) is 12.6 Å². The zero-order valence-electron chi connectivity index (χ0n) is 11.2. The molecule has 1 aliphatic rings. The summed E-state index contributed by atoms with van der Waals surface area (Å²) in [6.45, 7) is 9.31. The Hall–Kier alpha value is -0.770. The van der Waals surface area contributed by atoms with Gasteiger partial charge in [-0.2, -0.15) is 0 Å². The molecule has 100 valence electrons. The molecule has 18 heavy (non-hydrogen) atoms. The molecule has 0 atom stereocenters. The number of hydrogen-bond acceptors (Lipinski definition) is 3. The monoisotopic (exact) mass is 267 g/mol. The van der Waals surface area contributed by atoms with Gasteiger partial charge in [0.05, 0.1) is 0 Å². The molecule has 0 bridgehead atoms. The molecule has 1 aliphatic heterocycles. The highest BCUT2D eigenvalue weighted by Crippen LogP contribution is 2.28. The first-order chi connectivity index (χ1) is 8.63. The third-order valence-corrected chi connectivity index (χ3v) is 4.04. The van der Waals surface area contributed by atoms with Gasteiger partial charge in [-0.3, -0.25) is 4.90 Å². The van der Waals surface area contributed by atoms with Crippen LogP contribution in [0.2, 0.25) is 5.02 Å². The molecule has 3 nitrogen and oxygen atoms in total. The third kappa shape index (κ3) is 2.79. The van der Waals surface area contributed by atoms with E-state index in [1.807, 2.05) is 12.1 Å². The van der Waals surface area contributed by atoms with Crippen molar-refractivity contribution in [1.29, 1.82) is 0 Å². The summed E-state index contributed by atoms with van der Waals surface area (Å²) >= 11 is 6.21. The van der Waals surface area contributed by atoms with Crippen molar-refractivity contribution in [3.05, 3.63) is 28.8 Å². The Morgan fingerprint density at radius 2 is 1.89 bits per heavy atom. The average Bonchev–Trinajstić information content (AvgIpc) is 2.38. The van der Waals surface area contributed by atoms with Crippen molar-refractivity contribution in [3.8, 4) is 0 Å². The molecular weight excluding hydrogens is 246 g/mol. The summed E-state index contributed by atoms with van der Waals surface area (Å²) in [5, 5.41) is 0.779. The molecule has 0 amide bonds. The zero-order valence-corrected chi connectivity index (χ0v) is 12.0. The lowest BCUT2D eigenvalue weighted by atomic mass is 10.1. The van der Waals surface area contributed by atoms with Gasteiger partial charge in [0.1, 0.15) is 0 Å². The van der Waals surface area contributed by atoms with Crippen molar-refractivity contribution in [3.63, 3.8) is 0 Å². The number of hydrogen-bond donors (Lipinski definition) is 1. The molecule has 0 radical (unpaired) electrons. The molecule has 0 aliphatic carbocycles. The van der Waals surface area contributed by atoms with Crippen molar-refractivity contribution >= 4 is 17.3 Å². The first-order valence-corrected chi connectivity index (χ1v) is 6.97. The molecule has 1 fully saturated rings. The fraction of sp³-hybridized carbons (Fsp3) is 0.571. The Morgan fingerprint density at radius 1 is 1.22 bits per heavy atom. The normalized spacial score (nSPS) is 17.5. The van der Waals surface area contributed by atoms with Crippen molar-refractivity contribution in [2.24, 2.45) is 5.73 Å². The fourth-order valence-electron chi connectivity index (χ4n) is 2.52. The molecule has 1 aromatic carbocycles. The highest BCUT2D eigenvalue weighted by molar-refractivity contribution is 6.31. The van der Waals surface area contributed by atoms with Gasteiger partial charge in [-0.05, 0) is 26.0 Å². The number of nitrogens with zero attached hydrogens (tertiary/aromatic N) is 2. The molecule has 2 rings (SSSR count). The van der Waals surface area contributed by atoms with Crippen LogP contribution in [0.15, 0.2) is 18.2 Å². The summed E-state index contributed by atoms with van der Waals surface area (Å²) in [6, 6.07) is 6.67. The summed E-state index contributed by atoms with van der Waals surface area (Å²) in [4.78, 5) is 4.90. The molecular formula is C14H22ClN3. The summed E-state index contributed by atoms with van der Waals surface area (Å²) in [7, 11) is 0. The van der Waals surface area contributed by atoms with Crippen LogP contribution in [0.4, 0.5) is 5.69 Å². The van der Waals surface area contributed by atoms with E-state index in [0.717, 1.165) is 36.8 Å². The van der Waals surface area contributed by atoms with Gasteiger partial charge >= 0.3 is 0 Å². The van der Waals surface area contributed by atoms with Gasteiger partial charge in [0.2, 0.25) is 0 Å². The maximum absolute atomic E-state index is 6.21. The number of benzene rings is 1. The lowest BCUT2D eigenvalue weighted by Gasteiger charge is -2.39. The highest BCUT2D eigenvalue weighted by Gasteiger charge is 2.20. The predicted octanol–water partition coefficient (Wildman–Crippen LogP) is 2.33. The van der Waals surface area contributed by atoms with Crippen LogP contribution in [0.5, 0.6) is 0 Å². The van der Waals surface area contributed by atoms with Crippen LogP contribution in [0.1, 0.15) is 19.4 Å². The standard InChI is InChI=1S/C14H22ClN3/c1-11(2)17-6-8-18(9-7-17)14-5-3-4-13(15)12(14)10-16/h3-5,11H,6-10,16H2,1-2H3. The lowest BCUT2D eigenvalue weighted by Crippen LogP contribution is -2.49. The minimum Gasteiger partial charge on any atom is -0.369 e. The number of piperazine rings is 1. The average molecular weight is 268 g/mol. The number of nitrogens with two attached hydrogens (primary N) is 1. The molecule has 0 saturated carbocycles. The van der Waals surface area contributed by atoms with Gasteiger partial charge in [-0.25, -0.2) is 0 Å². The quantitative estimate of drug-likeness (QED) is 0.912. The van der Waals surface area contributed by atoms with Crippen LogP contribution in [0.3, 0.4) is 0 Å². The Labute approximate surface area is 115 Å². The molecule has 2 N–H and O–H groups in total. The van der Waals surface area contributed by atoms with Crippen LogP contribution in [-0.4, -0.2) is 37.1 Å². The van der Waals surface area contributed by atoms with Crippen LogP contribution >= 0.6 is 11.6 Å². The van der Waals surface area contributed by atoms with E-state index in [2.05, 4.69) is 29.7 Å². The molecule has 4 heteroatoms. The maximum Gasteiger partial charge on any atom is 0.0471 e. The molecule has 1 heterocycles. The van der Waals surface area contributed by atoms with E-state index in [-0.39, 0.29) is 0 Å². The predicted molar refractivity (Wildman–Crippen MR) is 78.3 cm³/mol. The molecule has 1 aromatic rings. The number of halogens is 1. The summed E-state index contributed by atoms with van der Waals surface area (Å²) in [5.41, 5.74) is 8.08. The van der Waals surface area contributed by atoms with Gasteiger partial charge in [0.25, 0.3) is 0 Å². The maximum atomic E-state index is 6.21. The van der Waals surface area contributed by atoms with E-state index in [4.69, 9.17) is 17.3 Å². The second-order valence-corrected chi connectivity index (χ2v) is 5.47. The Bertz CT molecular complexity index is 398. The van der Waals surface area contributed by atoms with Crippen LogP contribution in [0, 0.1) is 0 Å². The van der Waals surface area contributed by atoms with Crippen LogP contribution < -0.4 is 10.6 Å². The van der Waals surface area contributed by atoms with Gasteiger partial charge in [0, 0.05) is 55.0 Å². The summed E-state index contributed by atoms with van der Waals surface area (Å²) in [5.74, 6) is 0. The number of anilines is 1. The lowest BCUT2D eigenvalue weighted by molar-refractivity contribution is 0.209. The second kappa shape index (κ2) is 5.91. The van der Waals surface area contributed by atoms with Gasteiger partial charge in [0.15, 0.2) is 0 Å². The Balaban J connectivity index is 2.12. The minimum absolute atomic E-state index is 0.499. The molecule has 0 spiro atoms. The SMILES string of the molecule is CC(C)N1CCN(c2cccc(Cl)c2CN)CC1. The van der Waals surface area contributed by atoms with Crippen molar-refractivity contribution in [2.75, 3.05) is 31.1 Å². The zero-order chi connectivity index (χ0) is 13.1. The van der Waals surface area contributed by atoms with Crippen molar-refractivity contribution in [1.82, 2.24) is 4.90 Å². The topological polar surface area (TPSA) is 32.5 Å². The third-order valence-electron chi connectivity index (χ3n) is 3.68. The smallest absolute Gasteiger partial charge is 0.0471 e. The first-order valence-electron chi connectivity index (χ1n) is 6.60. The molecule has 0 unspecified atom stereocenters. The van der Waals surface area contributed by atoms with Gasteiger partial charge < -0.3 is 10.6 Å². The van der Waals surface area contributed by atoms with Crippen molar-refractivity contribution < 1.29 is 0 Å². The van der Waals surface area contributed by atoms with Gasteiger partial charge in [-0.15, -0.1) is 0 Å². The van der Waals surface area contributed by atoms with E-state index in [1.165, 1.54) is 5.69 Å². The van der Waals surface area contributed by atoms with Crippen molar-refractivity contribution in [2.45, 2.75) is 26.4 Å². The van der Waals surface area contributed by atoms with Crippen LogP contribution in [0.25, 0.3) is 0 Å². The minimum atomic E-state index is 0.499. The number of rotatable bonds is 3.